The summed E-state index contributed by atoms with van der Waals surface area (Å²) in [5.74, 6) is 0. The zero-order valence-corrected chi connectivity index (χ0v) is 8.30. The Labute approximate surface area is 83.3 Å². The first-order chi connectivity index (χ1) is 6.70. The number of ether oxygens (including phenoxy) is 2. The van der Waals surface area contributed by atoms with Crippen LogP contribution in [0.5, 0.6) is 0 Å². The molecule has 0 unspecified atom stereocenters. The number of hydrogen-bond donors (Lipinski definition) is 3. The van der Waals surface area contributed by atoms with E-state index in [1.165, 1.54) is 0 Å². The minimum absolute atomic E-state index is 0.253. The van der Waals surface area contributed by atoms with Gasteiger partial charge in [-0.3, -0.25) is 0 Å². The van der Waals surface area contributed by atoms with Crippen LogP contribution in [-0.4, -0.2) is 59.6 Å². The number of rotatable bonds is 5. The molecule has 0 aromatic heterocycles. The maximum atomic E-state index is 9.49. The zero-order valence-electron chi connectivity index (χ0n) is 8.30. The summed E-state index contributed by atoms with van der Waals surface area (Å²) in [7, 11) is 0. The fraction of sp³-hybridized carbons (Fsp3) is 1.00. The first-order valence-corrected chi connectivity index (χ1v) is 4.90. The Morgan fingerprint density at radius 3 is 2.36 bits per heavy atom. The van der Waals surface area contributed by atoms with E-state index in [9.17, 15) is 10.2 Å². The number of aliphatic hydroxyl groups excluding tert-OH is 3. The van der Waals surface area contributed by atoms with E-state index in [1.807, 2.05) is 6.92 Å². The van der Waals surface area contributed by atoms with E-state index < -0.39 is 24.4 Å². The second-order valence-electron chi connectivity index (χ2n) is 3.45. The zero-order chi connectivity index (χ0) is 10.6. The van der Waals surface area contributed by atoms with Crippen LogP contribution in [0.1, 0.15) is 13.3 Å². The molecule has 0 spiro atoms. The topological polar surface area (TPSA) is 79.2 Å². The van der Waals surface area contributed by atoms with Crippen LogP contribution < -0.4 is 0 Å². The van der Waals surface area contributed by atoms with Gasteiger partial charge in [0.25, 0.3) is 0 Å². The standard InChI is InChI=1S/C9H18O5/c1-2-3-13-5-7-9(12)8(11)6(4-10)14-7/h6-12H,2-5H2,1H3/t6-,7-,8-,9-/m1/s1. The van der Waals surface area contributed by atoms with Crippen molar-refractivity contribution in [3.63, 3.8) is 0 Å². The monoisotopic (exact) mass is 206 g/mol. The Morgan fingerprint density at radius 2 is 1.86 bits per heavy atom. The molecule has 3 N–H and O–H groups in total. The first kappa shape index (κ1) is 11.9. The summed E-state index contributed by atoms with van der Waals surface area (Å²) in [6, 6.07) is 0. The molecule has 1 aliphatic rings. The van der Waals surface area contributed by atoms with Crippen LogP contribution >= 0.6 is 0 Å². The van der Waals surface area contributed by atoms with Crippen LogP contribution in [-0.2, 0) is 9.47 Å². The molecule has 5 nitrogen and oxygen atoms in total. The largest absolute Gasteiger partial charge is 0.394 e. The fourth-order valence-electron chi connectivity index (χ4n) is 1.46. The second-order valence-corrected chi connectivity index (χ2v) is 3.45. The van der Waals surface area contributed by atoms with Crippen LogP contribution in [0.25, 0.3) is 0 Å². The maximum Gasteiger partial charge on any atom is 0.111 e. The van der Waals surface area contributed by atoms with Crippen molar-refractivity contribution in [2.45, 2.75) is 37.8 Å². The highest BCUT2D eigenvalue weighted by Gasteiger charge is 2.42. The van der Waals surface area contributed by atoms with Gasteiger partial charge in [-0.2, -0.15) is 0 Å². The molecule has 0 radical (unpaired) electrons. The number of hydrogen-bond acceptors (Lipinski definition) is 5. The van der Waals surface area contributed by atoms with Gasteiger partial charge in [0.2, 0.25) is 0 Å². The third kappa shape index (κ3) is 2.65. The van der Waals surface area contributed by atoms with Crippen molar-refractivity contribution in [1.29, 1.82) is 0 Å². The van der Waals surface area contributed by atoms with E-state index in [0.29, 0.717) is 6.61 Å². The fourth-order valence-corrected chi connectivity index (χ4v) is 1.46. The average Bonchev–Trinajstić information content (AvgIpc) is 2.46. The van der Waals surface area contributed by atoms with Gasteiger partial charge in [0, 0.05) is 6.61 Å². The molecule has 0 amide bonds. The summed E-state index contributed by atoms with van der Waals surface area (Å²) in [5, 5.41) is 27.7. The van der Waals surface area contributed by atoms with Crippen molar-refractivity contribution in [3.05, 3.63) is 0 Å². The Balaban J connectivity index is 2.32. The van der Waals surface area contributed by atoms with E-state index in [1.54, 1.807) is 0 Å². The summed E-state index contributed by atoms with van der Waals surface area (Å²) in [5.41, 5.74) is 0. The molecular formula is C9H18O5. The van der Waals surface area contributed by atoms with Gasteiger partial charge in [0.1, 0.15) is 24.4 Å². The summed E-state index contributed by atoms with van der Waals surface area (Å²) in [6.07, 6.45) is -2.32. The van der Waals surface area contributed by atoms with Crippen LogP contribution in [0.3, 0.4) is 0 Å². The van der Waals surface area contributed by atoms with Crippen molar-refractivity contribution in [2.75, 3.05) is 19.8 Å². The van der Waals surface area contributed by atoms with Gasteiger partial charge in [-0.25, -0.2) is 0 Å². The van der Waals surface area contributed by atoms with Crippen LogP contribution in [0, 0.1) is 0 Å². The van der Waals surface area contributed by atoms with Gasteiger partial charge >= 0.3 is 0 Å². The third-order valence-corrected chi connectivity index (χ3v) is 2.27. The Hall–Kier alpha value is -0.200. The lowest BCUT2D eigenvalue weighted by molar-refractivity contribution is -0.0556. The van der Waals surface area contributed by atoms with E-state index in [4.69, 9.17) is 14.6 Å². The Morgan fingerprint density at radius 1 is 1.21 bits per heavy atom. The summed E-state index contributed by atoms with van der Waals surface area (Å²) in [6.45, 7) is 2.55. The highest BCUT2D eigenvalue weighted by Crippen LogP contribution is 2.21. The lowest BCUT2D eigenvalue weighted by Crippen LogP contribution is -2.35. The molecule has 84 valence electrons. The Bertz CT molecular complexity index is 163. The van der Waals surface area contributed by atoms with Gasteiger partial charge in [0.05, 0.1) is 13.2 Å². The van der Waals surface area contributed by atoms with Crippen molar-refractivity contribution in [1.82, 2.24) is 0 Å². The lowest BCUT2D eigenvalue weighted by atomic mass is 10.1. The third-order valence-electron chi connectivity index (χ3n) is 2.27. The molecule has 0 aromatic rings. The van der Waals surface area contributed by atoms with Gasteiger partial charge in [-0.15, -0.1) is 0 Å². The van der Waals surface area contributed by atoms with Crippen molar-refractivity contribution < 1.29 is 24.8 Å². The second kappa shape index (κ2) is 5.63. The number of aliphatic hydroxyl groups is 3. The molecule has 1 fully saturated rings. The van der Waals surface area contributed by atoms with E-state index in [0.717, 1.165) is 6.42 Å². The van der Waals surface area contributed by atoms with Crippen molar-refractivity contribution in [3.8, 4) is 0 Å². The molecule has 0 aromatic carbocycles. The minimum atomic E-state index is -1.02. The SMILES string of the molecule is CCCOC[C@H]1O[C@H](CO)[C@@H](O)[C@@H]1O. The van der Waals surface area contributed by atoms with E-state index in [-0.39, 0.29) is 13.2 Å². The summed E-state index contributed by atoms with van der Waals surface area (Å²) < 4.78 is 10.4. The molecule has 1 aliphatic heterocycles. The highest BCUT2D eigenvalue weighted by molar-refractivity contribution is 4.90. The molecule has 1 rings (SSSR count). The highest BCUT2D eigenvalue weighted by atomic mass is 16.6. The van der Waals surface area contributed by atoms with Gasteiger partial charge in [-0.05, 0) is 6.42 Å². The predicted octanol–water partition coefficient (Wildman–Crippen LogP) is -1.11. The maximum absolute atomic E-state index is 9.49. The molecule has 1 saturated heterocycles. The van der Waals surface area contributed by atoms with Gasteiger partial charge < -0.3 is 24.8 Å². The average molecular weight is 206 g/mol. The smallest absolute Gasteiger partial charge is 0.111 e. The van der Waals surface area contributed by atoms with Crippen LogP contribution in [0.2, 0.25) is 0 Å². The van der Waals surface area contributed by atoms with E-state index in [2.05, 4.69) is 0 Å². The molecule has 0 aliphatic carbocycles. The predicted molar refractivity (Wildman–Crippen MR) is 48.9 cm³/mol. The molecule has 0 bridgehead atoms. The normalized spacial score (nSPS) is 37.7. The first-order valence-electron chi connectivity index (χ1n) is 4.90. The van der Waals surface area contributed by atoms with Crippen molar-refractivity contribution >= 4 is 0 Å². The molecule has 5 heteroatoms. The molecule has 14 heavy (non-hydrogen) atoms. The van der Waals surface area contributed by atoms with E-state index >= 15 is 0 Å². The molecular weight excluding hydrogens is 188 g/mol. The van der Waals surface area contributed by atoms with Crippen molar-refractivity contribution in [2.24, 2.45) is 0 Å². The van der Waals surface area contributed by atoms with Crippen LogP contribution in [0.15, 0.2) is 0 Å². The molecule has 1 heterocycles. The molecule has 0 saturated carbocycles. The minimum Gasteiger partial charge on any atom is -0.394 e. The Kier molecular flexibility index (Phi) is 4.77. The quantitative estimate of drug-likeness (QED) is 0.497. The summed E-state index contributed by atoms with van der Waals surface area (Å²) >= 11 is 0. The molecule has 4 atom stereocenters. The lowest BCUT2D eigenvalue weighted by Gasteiger charge is -2.14. The summed E-state index contributed by atoms with van der Waals surface area (Å²) in [4.78, 5) is 0. The van der Waals surface area contributed by atoms with Crippen LogP contribution in [0.4, 0.5) is 0 Å². The van der Waals surface area contributed by atoms with Gasteiger partial charge in [0.15, 0.2) is 0 Å². The van der Waals surface area contributed by atoms with Gasteiger partial charge in [-0.1, -0.05) is 6.92 Å².